The number of hydrogen-bond donors (Lipinski definition) is 1. The van der Waals surface area contributed by atoms with Gasteiger partial charge < -0.3 is 5.32 Å². The van der Waals surface area contributed by atoms with Crippen molar-refractivity contribution in [1.82, 2.24) is 5.32 Å². The largest absolute Gasteiger partial charge is 0.349 e. The number of nitrogens with one attached hydrogen (secondary N) is 1. The fourth-order valence-corrected chi connectivity index (χ4v) is 3.32. The summed E-state index contributed by atoms with van der Waals surface area (Å²) < 4.78 is 0.866. The Labute approximate surface area is 124 Å². The molecule has 0 bridgehead atoms. The predicted octanol–water partition coefficient (Wildman–Crippen LogP) is 4.46. The Morgan fingerprint density at radius 1 is 1.42 bits per heavy atom. The molecule has 1 amide bonds. The van der Waals surface area contributed by atoms with Gasteiger partial charge in [0.2, 0.25) is 0 Å². The van der Waals surface area contributed by atoms with Gasteiger partial charge in [0.15, 0.2) is 0 Å². The molecule has 19 heavy (non-hydrogen) atoms. The van der Waals surface area contributed by atoms with Crippen molar-refractivity contribution in [3.05, 3.63) is 33.8 Å². The number of benzene rings is 1. The van der Waals surface area contributed by atoms with E-state index < -0.39 is 0 Å². The highest BCUT2D eigenvalue weighted by molar-refractivity contribution is 9.10. The second-order valence-corrected chi connectivity index (χ2v) is 7.27. The van der Waals surface area contributed by atoms with Crippen LogP contribution in [0.15, 0.2) is 22.7 Å². The van der Waals surface area contributed by atoms with E-state index in [1.165, 1.54) is 12.8 Å². The van der Waals surface area contributed by atoms with Crippen molar-refractivity contribution in [3.63, 3.8) is 0 Å². The van der Waals surface area contributed by atoms with Gasteiger partial charge in [0.1, 0.15) is 0 Å². The van der Waals surface area contributed by atoms with Crippen LogP contribution < -0.4 is 5.32 Å². The molecule has 104 valence electrons. The Balaban J connectivity index is 2.06. The number of carbonyl (C=O) groups is 1. The number of aryl methyl sites for hydroxylation is 1. The first kappa shape index (κ1) is 14.6. The Kier molecular flexibility index (Phi) is 4.34. The van der Waals surface area contributed by atoms with E-state index in [9.17, 15) is 4.79 Å². The summed E-state index contributed by atoms with van der Waals surface area (Å²) in [4.78, 5) is 12.4. The molecule has 1 aliphatic carbocycles. The van der Waals surface area contributed by atoms with E-state index in [-0.39, 0.29) is 5.91 Å². The van der Waals surface area contributed by atoms with Gasteiger partial charge in [-0.3, -0.25) is 4.79 Å². The van der Waals surface area contributed by atoms with Gasteiger partial charge in [-0.1, -0.05) is 31.9 Å². The predicted molar refractivity (Wildman–Crippen MR) is 82.4 cm³/mol. The van der Waals surface area contributed by atoms with Gasteiger partial charge in [-0.25, -0.2) is 0 Å². The molecule has 1 fully saturated rings. The summed E-state index contributed by atoms with van der Waals surface area (Å²) in [6.45, 7) is 6.58. The van der Waals surface area contributed by atoms with Crippen LogP contribution in [0.1, 0.15) is 55.5 Å². The zero-order chi connectivity index (χ0) is 14.0. The van der Waals surface area contributed by atoms with Crippen LogP contribution in [0.5, 0.6) is 0 Å². The van der Waals surface area contributed by atoms with Crippen molar-refractivity contribution in [2.75, 3.05) is 0 Å². The van der Waals surface area contributed by atoms with Crippen LogP contribution in [0, 0.1) is 12.3 Å². The first-order chi connectivity index (χ1) is 8.87. The number of halogens is 1. The Bertz CT molecular complexity index is 482. The molecule has 3 heteroatoms. The summed E-state index contributed by atoms with van der Waals surface area (Å²) in [5, 5.41) is 3.19. The van der Waals surface area contributed by atoms with Crippen LogP contribution in [-0.2, 0) is 0 Å². The van der Waals surface area contributed by atoms with E-state index in [2.05, 4.69) is 35.1 Å². The normalized spacial score (nSPS) is 22.0. The van der Waals surface area contributed by atoms with Crippen LogP contribution in [-0.4, -0.2) is 11.9 Å². The van der Waals surface area contributed by atoms with Crippen molar-refractivity contribution in [2.24, 2.45) is 5.41 Å². The molecule has 2 nitrogen and oxygen atoms in total. The lowest BCUT2D eigenvalue weighted by molar-refractivity contribution is 0.0901. The van der Waals surface area contributed by atoms with Crippen LogP contribution in [0.3, 0.4) is 0 Å². The van der Waals surface area contributed by atoms with E-state index in [4.69, 9.17) is 0 Å². The maximum Gasteiger partial charge on any atom is 0.252 e. The maximum absolute atomic E-state index is 12.4. The number of amides is 1. The summed E-state index contributed by atoms with van der Waals surface area (Å²) in [6.07, 6.45) is 4.63. The lowest BCUT2D eigenvalue weighted by atomic mass is 9.75. The molecule has 0 saturated heterocycles. The van der Waals surface area contributed by atoms with Gasteiger partial charge in [0, 0.05) is 10.5 Å². The molecule has 1 saturated carbocycles. The molecule has 1 aliphatic rings. The summed E-state index contributed by atoms with van der Waals surface area (Å²) in [5.41, 5.74) is 2.20. The third-order valence-corrected chi connectivity index (χ3v) is 4.60. The lowest BCUT2D eigenvalue weighted by Crippen LogP contribution is -2.40. The van der Waals surface area contributed by atoms with E-state index >= 15 is 0 Å². The van der Waals surface area contributed by atoms with Crippen molar-refractivity contribution < 1.29 is 4.79 Å². The highest BCUT2D eigenvalue weighted by Gasteiger charge is 2.29. The SMILES string of the molecule is Cc1ccc(Br)c(C(=O)NC2CCCC(C)(C)C2)c1. The molecule has 0 heterocycles. The second kappa shape index (κ2) is 5.66. The average Bonchev–Trinajstić information content (AvgIpc) is 2.31. The third kappa shape index (κ3) is 3.82. The summed E-state index contributed by atoms with van der Waals surface area (Å²) in [5.74, 6) is 0.0401. The average molecular weight is 324 g/mol. The standard InChI is InChI=1S/C16H22BrNO/c1-11-6-7-14(17)13(9-11)15(19)18-12-5-4-8-16(2,3)10-12/h6-7,9,12H,4-5,8,10H2,1-3H3,(H,18,19). The molecule has 1 unspecified atom stereocenters. The molecular weight excluding hydrogens is 302 g/mol. The van der Waals surface area contributed by atoms with Gasteiger partial charge in [-0.15, -0.1) is 0 Å². The van der Waals surface area contributed by atoms with Crippen LogP contribution in [0.2, 0.25) is 0 Å². The van der Waals surface area contributed by atoms with E-state index in [1.54, 1.807) is 0 Å². The van der Waals surface area contributed by atoms with E-state index in [1.807, 2.05) is 25.1 Å². The second-order valence-electron chi connectivity index (χ2n) is 6.41. The number of hydrogen-bond acceptors (Lipinski definition) is 1. The number of carbonyl (C=O) groups excluding carboxylic acids is 1. The minimum atomic E-state index is 0.0401. The quantitative estimate of drug-likeness (QED) is 0.855. The highest BCUT2D eigenvalue weighted by atomic mass is 79.9. The van der Waals surface area contributed by atoms with Crippen molar-refractivity contribution >= 4 is 21.8 Å². The van der Waals surface area contributed by atoms with Gasteiger partial charge in [0.05, 0.1) is 5.56 Å². The highest BCUT2D eigenvalue weighted by Crippen LogP contribution is 2.35. The molecule has 0 spiro atoms. The van der Waals surface area contributed by atoms with Gasteiger partial charge in [-0.05, 0) is 59.7 Å². The smallest absolute Gasteiger partial charge is 0.252 e. The maximum atomic E-state index is 12.4. The zero-order valence-corrected chi connectivity index (χ0v) is 13.5. The van der Waals surface area contributed by atoms with Crippen molar-refractivity contribution in [3.8, 4) is 0 Å². The fourth-order valence-electron chi connectivity index (χ4n) is 2.90. The molecule has 1 aromatic carbocycles. The van der Waals surface area contributed by atoms with Crippen molar-refractivity contribution in [2.45, 2.75) is 52.5 Å². The molecule has 0 aromatic heterocycles. The number of rotatable bonds is 2. The van der Waals surface area contributed by atoms with Gasteiger partial charge in [0.25, 0.3) is 5.91 Å². The molecule has 1 N–H and O–H groups in total. The van der Waals surface area contributed by atoms with Gasteiger partial charge >= 0.3 is 0 Å². The molecule has 2 rings (SSSR count). The van der Waals surface area contributed by atoms with Crippen LogP contribution >= 0.6 is 15.9 Å². The van der Waals surface area contributed by atoms with Crippen molar-refractivity contribution in [1.29, 1.82) is 0 Å². The zero-order valence-electron chi connectivity index (χ0n) is 11.9. The minimum absolute atomic E-state index is 0.0401. The van der Waals surface area contributed by atoms with Crippen LogP contribution in [0.25, 0.3) is 0 Å². The molecule has 1 atom stereocenters. The lowest BCUT2D eigenvalue weighted by Gasteiger charge is -2.35. The van der Waals surface area contributed by atoms with Crippen LogP contribution in [0.4, 0.5) is 0 Å². The summed E-state index contributed by atoms with van der Waals surface area (Å²) >= 11 is 3.46. The topological polar surface area (TPSA) is 29.1 Å². The fraction of sp³-hybridized carbons (Fsp3) is 0.562. The summed E-state index contributed by atoms with van der Waals surface area (Å²) in [6, 6.07) is 6.19. The van der Waals surface area contributed by atoms with E-state index in [0.717, 1.165) is 28.4 Å². The Morgan fingerprint density at radius 2 is 2.16 bits per heavy atom. The van der Waals surface area contributed by atoms with E-state index in [0.29, 0.717) is 11.5 Å². The monoisotopic (exact) mass is 323 g/mol. The molecule has 0 radical (unpaired) electrons. The first-order valence-electron chi connectivity index (χ1n) is 6.94. The minimum Gasteiger partial charge on any atom is -0.349 e. The molecule has 1 aromatic rings. The van der Waals surface area contributed by atoms with Gasteiger partial charge in [-0.2, -0.15) is 0 Å². The summed E-state index contributed by atoms with van der Waals surface area (Å²) in [7, 11) is 0. The molecule has 0 aliphatic heterocycles. The third-order valence-electron chi connectivity index (χ3n) is 3.91. The Morgan fingerprint density at radius 3 is 2.84 bits per heavy atom. The Hall–Kier alpha value is -0.830. The first-order valence-corrected chi connectivity index (χ1v) is 7.74. The molecular formula is C16H22BrNO.